The van der Waals surface area contributed by atoms with Gasteiger partial charge in [0.05, 0.1) is 12.2 Å². The lowest BCUT2D eigenvalue weighted by Gasteiger charge is -2.25. The van der Waals surface area contributed by atoms with Gasteiger partial charge in [0.15, 0.2) is 0 Å². The minimum absolute atomic E-state index is 0.0579. The Morgan fingerprint density at radius 3 is 1.03 bits per heavy atom. The molecule has 0 saturated heterocycles. The third kappa shape index (κ3) is 20.1. The highest BCUT2D eigenvalue weighted by molar-refractivity contribution is 5.46. The third-order valence-corrected chi connectivity index (χ3v) is 13.0. The maximum atomic E-state index is 11.7. The van der Waals surface area contributed by atoms with Gasteiger partial charge in [-0.05, 0) is 111 Å². The van der Waals surface area contributed by atoms with E-state index in [-0.39, 0.29) is 18.3 Å². The molecule has 4 rings (SSSR count). The topological polar surface area (TPSA) is 47.9 Å². The first kappa shape index (κ1) is 52.7. The van der Waals surface area contributed by atoms with E-state index in [9.17, 15) is 5.11 Å². The van der Waals surface area contributed by atoms with Gasteiger partial charge in [-0.1, -0.05) is 197 Å². The first-order valence-corrected chi connectivity index (χ1v) is 26.4. The van der Waals surface area contributed by atoms with Gasteiger partial charge in [0, 0.05) is 24.8 Å². The van der Waals surface area contributed by atoms with Crippen molar-refractivity contribution < 1.29 is 19.3 Å². The smallest absolute Gasteiger partial charge is 0.122 e. The number of aromatic hydroxyl groups is 1. The Balaban J connectivity index is 1.51. The number of ether oxygens (including phenoxy) is 3. The van der Waals surface area contributed by atoms with Gasteiger partial charge in [-0.3, -0.25) is 0 Å². The first-order valence-electron chi connectivity index (χ1n) is 26.4. The van der Waals surface area contributed by atoms with Crippen LogP contribution in [-0.4, -0.2) is 23.4 Å². The lowest BCUT2D eigenvalue weighted by atomic mass is 9.90. The summed E-state index contributed by atoms with van der Waals surface area (Å²) in [6.07, 6.45) is 32.0. The number of benzene rings is 4. The number of hydrogen-bond acceptors (Lipinski definition) is 4. The molecule has 0 radical (unpaired) electrons. The predicted octanol–water partition coefficient (Wildman–Crippen LogP) is 17.3. The fourth-order valence-corrected chi connectivity index (χ4v) is 9.36. The molecule has 0 aliphatic carbocycles. The maximum absolute atomic E-state index is 11.7. The lowest BCUT2D eigenvalue weighted by Crippen LogP contribution is -2.23. The molecule has 4 heteroatoms. The van der Waals surface area contributed by atoms with Crippen LogP contribution in [0, 0.1) is 0 Å². The van der Waals surface area contributed by atoms with Crippen molar-refractivity contribution in [1.82, 2.24) is 0 Å². The molecule has 0 fully saturated rings. The Morgan fingerprint density at radius 2 is 0.656 bits per heavy atom. The van der Waals surface area contributed by atoms with Crippen LogP contribution >= 0.6 is 0 Å². The number of hydrogen-bond donors (Lipinski definition) is 1. The molecule has 354 valence electrons. The van der Waals surface area contributed by atoms with Gasteiger partial charge in [-0.2, -0.15) is 0 Å². The number of aryl methyl sites for hydroxylation is 3. The van der Waals surface area contributed by atoms with E-state index in [1.165, 1.54) is 157 Å². The fraction of sp³-hybridized carbons (Fsp3) is 0.600. The summed E-state index contributed by atoms with van der Waals surface area (Å²) in [5.74, 6) is 3.26. The quantitative estimate of drug-likeness (QED) is 0.0463. The van der Waals surface area contributed by atoms with Gasteiger partial charge in [0.2, 0.25) is 0 Å². The second-order valence-electron chi connectivity index (χ2n) is 19.0. The van der Waals surface area contributed by atoms with Crippen LogP contribution in [0.2, 0.25) is 0 Å². The summed E-state index contributed by atoms with van der Waals surface area (Å²) in [6, 6.07) is 29.8. The molecule has 0 aromatic heterocycles. The Morgan fingerprint density at radius 1 is 0.344 bits per heavy atom. The zero-order valence-electron chi connectivity index (χ0n) is 41.6. The van der Waals surface area contributed by atoms with Crippen molar-refractivity contribution >= 4 is 0 Å². The largest absolute Gasteiger partial charge is 0.508 e. The van der Waals surface area contributed by atoms with Crippen molar-refractivity contribution in [2.75, 3.05) is 0 Å². The average Bonchev–Trinajstić information content (AvgIpc) is 3.29. The zero-order chi connectivity index (χ0) is 45.6. The average molecular weight is 875 g/mol. The molecule has 0 aliphatic heterocycles. The van der Waals surface area contributed by atoms with E-state index in [1.807, 2.05) is 6.07 Å². The van der Waals surface area contributed by atoms with Gasteiger partial charge in [0.1, 0.15) is 29.1 Å². The predicted molar refractivity (Wildman–Crippen MR) is 274 cm³/mol. The van der Waals surface area contributed by atoms with Crippen LogP contribution < -0.4 is 14.2 Å². The SMILES string of the molecule is CCCCCCCCCc1ccccc1OC(C)Cc1ccc(O)c(CC(C)Oc2ccccc2CCCCCCCCC)c1CC(C)Oc1ccccc1CCCCCCCCC. The van der Waals surface area contributed by atoms with Gasteiger partial charge < -0.3 is 19.3 Å². The first-order chi connectivity index (χ1) is 31.3. The minimum atomic E-state index is -0.138. The second kappa shape index (κ2) is 31.9. The van der Waals surface area contributed by atoms with Gasteiger partial charge in [-0.25, -0.2) is 0 Å². The summed E-state index contributed by atoms with van der Waals surface area (Å²) in [4.78, 5) is 0. The van der Waals surface area contributed by atoms with E-state index in [4.69, 9.17) is 14.2 Å². The summed E-state index contributed by atoms with van der Waals surface area (Å²) in [7, 11) is 0. The van der Waals surface area contributed by atoms with Crippen molar-refractivity contribution in [1.29, 1.82) is 0 Å². The molecule has 4 aromatic rings. The Hall–Kier alpha value is -3.92. The van der Waals surface area contributed by atoms with Crippen LogP contribution in [0.25, 0.3) is 0 Å². The van der Waals surface area contributed by atoms with Crippen LogP contribution in [0.15, 0.2) is 84.9 Å². The number of para-hydroxylation sites is 3. The molecule has 0 saturated carbocycles. The molecule has 64 heavy (non-hydrogen) atoms. The normalized spacial score (nSPS) is 12.8. The van der Waals surface area contributed by atoms with Crippen molar-refractivity contribution in [3.8, 4) is 23.0 Å². The standard InChI is InChI=1S/C60H90O4/c1-7-10-13-16-19-22-25-34-51-37-28-31-40-58(51)62-48(4)45-54-43-44-57(61)56(47-50(6)64-60-42-33-30-39-53(60)36-27-24-21-18-15-12-9-3)55(54)46-49(5)63-59-41-32-29-38-52(59)35-26-23-20-17-14-11-8-2/h28-33,37-44,48-50,61H,7-27,34-36,45-47H2,1-6H3. The molecule has 3 unspecified atom stereocenters. The molecule has 3 atom stereocenters. The van der Waals surface area contributed by atoms with E-state index in [1.54, 1.807) is 0 Å². The lowest BCUT2D eigenvalue weighted by molar-refractivity contribution is 0.208. The van der Waals surface area contributed by atoms with Gasteiger partial charge in [-0.15, -0.1) is 0 Å². The number of rotatable bonds is 36. The molecular formula is C60H90O4. The zero-order valence-corrected chi connectivity index (χ0v) is 41.6. The summed E-state index contributed by atoms with van der Waals surface area (Å²) < 4.78 is 20.4. The van der Waals surface area contributed by atoms with Crippen LogP contribution in [0.5, 0.6) is 23.0 Å². The van der Waals surface area contributed by atoms with E-state index >= 15 is 0 Å². The molecule has 0 aliphatic rings. The Labute approximate surface area is 392 Å². The monoisotopic (exact) mass is 875 g/mol. The van der Waals surface area contributed by atoms with Gasteiger partial charge >= 0.3 is 0 Å². The number of phenols is 1. The highest BCUT2D eigenvalue weighted by atomic mass is 16.5. The van der Waals surface area contributed by atoms with E-state index < -0.39 is 0 Å². The van der Waals surface area contributed by atoms with Crippen LogP contribution in [0.1, 0.15) is 210 Å². The summed E-state index contributed by atoms with van der Waals surface area (Å²) in [5.41, 5.74) is 7.15. The number of phenolic OH excluding ortho intramolecular Hbond substituents is 1. The number of unbranched alkanes of at least 4 members (excludes halogenated alkanes) is 18. The molecular weight excluding hydrogens is 785 g/mol. The molecule has 0 spiro atoms. The molecule has 0 amide bonds. The van der Waals surface area contributed by atoms with Crippen LogP contribution in [0.3, 0.4) is 0 Å². The van der Waals surface area contributed by atoms with E-state index in [2.05, 4.69) is 120 Å². The summed E-state index contributed by atoms with van der Waals surface area (Å²) in [6.45, 7) is 13.4. The molecule has 1 N–H and O–H groups in total. The Kier molecular flexibility index (Phi) is 26.2. The highest BCUT2D eigenvalue weighted by Gasteiger charge is 2.22. The maximum Gasteiger partial charge on any atom is 0.122 e. The minimum Gasteiger partial charge on any atom is -0.508 e. The van der Waals surface area contributed by atoms with E-state index in [0.29, 0.717) is 18.6 Å². The summed E-state index contributed by atoms with van der Waals surface area (Å²) >= 11 is 0. The highest BCUT2D eigenvalue weighted by Crippen LogP contribution is 2.33. The molecule has 0 bridgehead atoms. The third-order valence-electron chi connectivity index (χ3n) is 13.0. The van der Waals surface area contributed by atoms with Crippen molar-refractivity contribution in [3.05, 3.63) is 118 Å². The second-order valence-corrected chi connectivity index (χ2v) is 19.0. The molecule has 4 aromatic carbocycles. The summed E-state index contributed by atoms with van der Waals surface area (Å²) in [5, 5.41) is 11.7. The fourth-order valence-electron chi connectivity index (χ4n) is 9.36. The van der Waals surface area contributed by atoms with Crippen molar-refractivity contribution in [2.24, 2.45) is 0 Å². The van der Waals surface area contributed by atoms with Crippen molar-refractivity contribution in [3.63, 3.8) is 0 Å². The molecule has 4 nitrogen and oxygen atoms in total. The van der Waals surface area contributed by atoms with Crippen LogP contribution in [-0.2, 0) is 38.5 Å². The van der Waals surface area contributed by atoms with Crippen molar-refractivity contribution in [2.45, 2.75) is 233 Å². The van der Waals surface area contributed by atoms with Crippen LogP contribution in [0.4, 0.5) is 0 Å². The van der Waals surface area contributed by atoms with E-state index in [0.717, 1.165) is 54.1 Å². The molecule has 0 heterocycles. The van der Waals surface area contributed by atoms with Gasteiger partial charge in [0.25, 0.3) is 0 Å². The Bertz CT molecular complexity index is 1810.